The van der Waals surface area contributed by atoms with Crippen molar-refractivity contribution in [2.24, 2.45) is 0 Å². The lowest BCUT2D eigenvalue weighted by molar-refractivity contribution is 0.993. The molecule has 1 aliphatic carbocycles. The van der Waals surface area contributed by atoms with Gasteiger partial charge < -0.3 is 0 Å². The summed E-state index contributed by atoms with van der Waals surface area (Å²) in [5.41, 5.74) is 0. The van der Waals surface area contributed by atoms with Gasteiger partial charge in [0.1, 0.15) is 0 Å². The molecule has 0 unspecified atom stereocenters. The van der Waals surface area contributed by atoms with Crippen molar-refractivity contribution in [3.8, 4) is 0 Å². The molecule has 0 fully saturated rings. The molecule has 0 saturated heterocycles. The Kier molecular flexibility index (Phi) is 5.35. The van der Waals surface area contributed by atoms with Gasteiger partial charge in [0.05, 0.1) is 0 Å². The van der Waals surface area contributed by atoms with Crippen LogP contribution >= 0.6 is 0 Å². The molecule has 0 bridgehead atoms. The van der Waals surface area contributed by atoms with Crippen LogP contribution in [0, 0.1) is 6.42 Å². The molecule has 0 heteroatoms. The Morgan fingerprint density at radius 3 is 1.92 bits per heavy atom. The summed E-state index contributed by atoms with van der Waals surface area (Å²) >= 11 is 0. The van der Waals surface area contributed by atoms with E-state index in [9.17, 15) is 0 Å². The molecule has 0 aliphatic heterocycles. The Hall–Kier alpha value is -0.780. The van der Waals surface area contributed by atoms with Crippen LogP contribution in [0.25, 0.3) is 0 Å². The molecule has 0 atom stereocenters. The van der Waals surface area contributed by atoms with Crippen molar-refractivity contribution in [3.63, 3.8) is 0 Å². The van der Waals surface area contributed by atoms with Crippen molar-refractivity contribution in [2.45, 2.75) is 32.1 Å². The largest absolute Gasteiger partial charge is 0.0882 e. The fourth-order valence-electron chi connectivity index (χ4n) is 1.18. The van der Waals surface area contributed by atoms with Gasteiger partial charge in [-0.1, -0.05) is 36.5 Å². The van der Waals surface area contributed by atoms with Crippen molar-refractivity contribution >= 4 is 0 Å². The minimum Gasteiger partial charge on any atom is -0.0882 e. The first-order valence-electron chi connectivity index (χ1n) is 4.78. The van der Waals surface area contributed by atoms with Gasteiger partial charge in [0.25, 0.3) is 0 Å². The van der Waals surface area contributed by atoms with Crippen molar-refractivity contribution in [2.75, 3.05) is 0 Å². The number of hydrogen-bond donors (Lipinski definition) is 0. The maximum absolute atomic E-state index is 2.28. The summed E-state index contributed by atoms with van der Waals surface area (Å²) in [6.07, 6.45) is 21.5. The standard InChI is InChI=1S/C12H17/c1-2-4-6-8-10-12-11-9-7-5-3-1/h1-3,6,8-9,11H,4-5,7,10,12H2/b3-1-,8-6-,11-9-. The number of hydrogen-bond acceptors (Lipinski definition) is 0. The highest BCUT2D eigenvalue weighted by Crippen LogP contribution is 2.02. The molecule has 12 heavy (non-hydrogen) atoms. The van der Waals surface area contributed by atoms with Crippen LogP contribution in [0.4, 0.5) is 0 Å². The lowest BCUT2D eigenvalue weighted by Gasteiger charge is -1.92. The lowest BCUT2D eigenvalue weighted by atomic mass is 10.1. The van der Waals surface area contributed by atoms with Crippen molar-refractivity contribution in [1.29, 1.82) is 0 Å². The first-order valence-corrected chi connectivity index (χ1v) is 4.78. The fourth-order valence-corrected chi connectivity index (χ4v) is 1.18. The van der Waals surface area contributed by atoms with E-state index in [1.165, 1.54) is 25.7 Å². The maximum Gasteiger partial charge on any atom is -0.0133 e. The van der Waals surface area contributed by atoms with Gasteiger partial charge in [-0.2, -0.15) is 0 Å². The minimum atomic E-state index is 1.08. The molecular formula is C12H17. The summed E-state index contributed by atoms with van der Waals surface area (Å²) in [6.45, 7) is 0. The number of rotatable bonds is 0. The van der Waals surface area contributed by atoms with E-state index in [1.807, 2.05) is 0 Å². The summed E-state index contributed by atoms with van der Waals surface area (Å²) in [5, 5.41) is 0. The topological polar surface area (TPSA) is 0 Å². The normalized spacial score (nSPS) is 28.0. The molecule has 0 saturated carbocycles. The molecule has 0 heterocycles. The third-order valence-electron chi connectivity index (χ3n) is 1.88. The van der Waals surface area contributed by atoms with Gasteiger partial charge in [-0.25, -0.2) is 0 Å². The van der Waals surface area contributed by atoms with E-state index in [0.717, 1.165) is 6.42 Å². The SMILES string of the molecule is [CH]1/C=C\CC/C=C\CC/C=C\C1. The predicted molar refractivity (Wildman–Crippen MR) is 54.8 cm³/mol. The van der Waals surface area contributed by atoms with Crippen LogP contribution in [0.3, 0.4) is 0 Å². The van der Waals surface area contributed by atoms with Gasteiger partial charge >= 0.3 is 0 Å². The molecule has 0 amide bonds. The Labute approximate surface area is 75.7 Å². The van der Waals surface area contributed by atoms with Crippen LogP contribution in [0.15, 0.2) is 36.5 Å². The molecule has 0 spiro atoms. The smallest absolute Gasteiger partial charge is 0.0133 e. The average molecular weight is 161 g/mol. The molecule has 0 aromatic carbocycles. The van der Waals surface area contributed by atoms with E-state index in [0.29, 0.717) is 0 Å². The van der Waals surface area contributed by atoms with Crippen molar-refractivity contribution < 1.29 is 0 Å². The van der Waals surface area contributed by atoms with Gasteiger partial charge in [0.2, 0.25) is 0 Å². The van der Waals surface area contributed by atoms with Crippen LogP contribution in [-0.2, 0) is 0 Å². The molecule has 1 radical (unpaired) electrons. The zero-order chi connectivity index (χ0) is 8.49. The maximum atomic E-state index is 2.28. The van der Waals surface area contributed by atoms with E-state index in [-0.39, 0.29) is 0 Å². The average Bonchev–Trinajstić information content (AvgIpc) is 2.05. The van der Waals surface area contributed by atoms with Crippen LogP contribution in [0.5, 0.6) is 0 Å². The van der Waals surface area contributed by atoms with E-state index < -0.39 is 0 Å². The first kappa shape index (κ1) is 9.31. The summed E-state index contributed by atoms with van der Waals surface area (Å²) in [4.78, 5) is 0. The summed E-state index contributed by atoms with van der Waals surface area (Å²) < 4.78 is 0. The van der Waals surface area contributed by atoms with Crippen LogP contribution in [0.1, 0.15) is 32.1 Å². The Bertz CT molecular complexity index is 121. The highest BCUT2D eigenvalue weighted by Gasteiger charge is 1.82. The van der Waals surface area contributed by atoms with Crippen molar-refractivity contribution in [3.05, 3.63) is 42.9 Å². The molecule has 65 valence electrons. The highest BCUT2D eigenvalue weighted by molar-refractivity contribution is 5.01. The van der Waals surface area contributed by atoms with Gasteiger partial charge in [-0.3, -0.25) is 0 Å². The van der Waals surface area contributed by atoms with Gasteiger partial charge in [0.15, 0.2) is 0 Å². The highest BCUT2D eigenvalue weighted by atomic mass is 13.9. The van der Waals surface area contributed by atoms with Crippen LogP contribution < -0.4 is 0 Å². The quantitative estimate of drug-likeness (QED) is 0.474. The van der Waals surface area contributed by atoms with Gasteiger partial charge in [-0.15, -0.1) is 0 Å². The second-order valence-electron chi connectivity index (χ2n) is 3.00. The predicted octanol–water partition coefficient (Wildman–Crippen LogP) is 3.82. The molecule has 0 aromatic rings. The first-order chi connectivity index (χ1) is 6.00. The number of allylic oxidation sites excluding steroid dienone is 6. The fraction of sp³-hybridized carbons (Fsp3) is 0.417. The van der Waals surface area contributed by atoms with Gasteiger partial charge in [0, 0.05) is 0 Å². The van der Waals surface area contributed by atoms with Crippen LogP contribution in [0.2, 0.25) is 0 Å². The summed E-state index contributed by atoms with van der Waals surface area (Å²) in [6, 6.07) is 0. The van der Waals surface area contributed by atoms with E-state index >= 15 is 0 Å². The zero-order valence-electron chi connectivity index (χ0n) is 7.58. The molecule has 0 nitrogen and oxygen atoms in total. The minimum absolute atomic E-state index is 1.08. The van der Waals surface area contributed by atoms with E-state index in [1.54, 1.807) is 0 Å². The molecule has 0 aromatic heterocycles. The summed E-state index contributed by atoms with van der Waals surface area (Å²) in [7, 11) is 0. The lowest BCUT2D eigenvalue weighted by Crippen LogP contribution is -1.72. The second-order valence-corrected chi connectivity index (χ2v) is 3.00. The molecule has 1 aliphatic rings. The second kappa shape index (κ2) is 6.90. The van der Waals surface area contributed by atoms with E-state index in [2.05, 4.69) is 42.9 Å². The Balaban J connectivity index is 2.30. The van der Waals surface area contributed by atoms with E-state index in [4.69, 9.17) is 0 Å². The van der Waals surface area contributed by atoms with Crippen LogP contribution in [-0.4, -0.2) is 0 Å². The summed E-state index contributed by atoms with van der Waals surface area (Å²) in [5.74, 6) is 0. The third kappa shape index (κ3) is 4.95. The zero-order valence-corrected chi connectivity index (χ0v) is 7.58. The molecule has 1 rings (SSSR count). The monoisotopic (exact) mass is 161 g/mol. The Morgan fingerprint density at radius 1 is 0.583 bits per heavy atom. The molecule has 0 N–H and O–H groups in total. The Morgan fingerprint density at radius 2 is 1.17 bits per heavy atom. The third-order valence-corrected chi connectivity index (χ3v) is 1.88. The van der Waals surface area contributed by atoms with Gasteiger partial charge in [-0.05, 0) is 38.5 Å². The van der Waals surface area contributed by atoms with Crippen molar-refractivity contribution in [1.82, 2.24) is 0 Å². The molecular weight excluding hydrogens is 144 g/mol.